The molecule has 0 aliphatic rings. The van der Waals surface area contributed by atoms with Gasteiger partial charge in [-0.05, 0) is 48.4 Å². The molecule has 4 rings (SSSR count). The average molecular weight is 522 g/mol. The van der Waals surface area contributed by atoms with E-state index in [2.05, 4.69) is 15.6 Å². The monoisotopic (exact) mass is 521 g/mol. The Kier molecular flexibility index (Phi) is 8.32. The Balaban J connectivity index is 1.39. The average Bonchev–Trinajstić information content (AvgIpc) is 3.29. The largest absolute Gasteiger partial charge is 0.493 e. The van der Waals surface area contributed by atoms with Crippen molar-refractivity contribution >= 4 is 40.1 Å². The fourth-order valence-electron chi connectivity index (χ4n) is 4.00. The number of anilines is 1. The standard InChI is InChI=1S/C28H28ClN3O5/c1-17-7-9-20(10-8-17)32-26(33)16-37-27-22(29)11-18(12-25(27)36-2)14-30-24(28(34)35)13-19-15-31-23-6-4-3-5-21(19)23/h3-12,15,24,30-31H,13-14,16H2,1-2H3,(H,32,33)(H,34,35). The molecule has 1 unspecified atom stereocenters. The first-order valence-electron chi connectivity index (χ1n) is 11.7. The molecule has 0 saturated carbocycles. The number of aliphatic carboxylic acids is 1. The number of H-pyrrole nitrogens is 1. The minimum Gasteiger partial charge on any atom is -0.493 e. The van der Waals surface area contributed by atoms with Crippen LogP contribution in [0.3, 0.4) is 0 Å². The van der Waals surface area contributed by atoms with Crippen LogP contribution in [0.4, 0.5) is 5.69 Å². The third kappa shape index (κ3) is 6.61. The Labute approximate surface area is 219 Å². The first-order chi connectivity index (χ1) is 17.8. The number of benzene rings is 3. The van der Waals surface area contributed by atoms with Gasteiger partial charge in [-0.25, -0.2) is 0 Å². The van der Waals surface area contributed by atoms with Gasteiger partial charge in [-0.2, -0.15) is 0 Å². The molecule has 0 aliphatic heterocycles. The van der Waals surface area contributed by atoms with Crippen LogP contribution in [-0.2, 0) is 22.6 Å². The number of amides is 1. The number of nitrogens with one attached hydrogen (secondary N) is 3. The number of rotatable bonds is 11. The van der Waals surface area contributed by atoms with Gasteiger partial charge < -0.3 is 30.2 Å². The Bertz CT molecular complexity index is 1400. The zero-order valence-electron chi connectivity index (χ0n) is 20.5. The molecular weight excluding hydrogens is 494 g/mol. The zero-order valence-corrected chi connectivity index (χ0v) is 21.3. The molecule has 4 N–H and O–H groups in total. The van der Waals surface area contributed by atoms with E-state index in [-0.39, 0.29) is 29.8 Å². The van der Waals surface area contributed by atoms with Crippen molar-refractivity contribution in [2.45, 2.75) is 25.9 Å². The number of ether oxygens (including phenoxy) is 2. The molecule has 0 radical (unpaired) electrons. The number of para-hydroxylation sites is 1. The molecule has 1 atom stereocenters. The summed E-state index contributed by atoms with van der Waals surface area (Å²) >= 11 is 6.45. The van der Waals surface area contributed by atoms with Crippen molar-refractivity contribution in [1.29, 1.82) is 0 Å². The number of methoxy groups -OCH3 is 1. The van der Waals surface area contributed by atoms with Crippen molar-refractivity contribution in [2.75, 3.05) is 19.0 Å². The third-order valence-corrected chi connectivity index (χ3v) is 6.20. The molecule has 37 heavy (non-hydrogen) atoms. The van der Waals surface area contributed by atoms with E-state index in [1.165, 1.54) is 7.11 Å². The highest BCUT2D eigenvalue weighted by atomic mass is 35.5. The summed E-state index contributed by atoms with van der Waals surface area (Å²) in [5, 5.41) is 16.9. The van der Waals surface area contributed by atoms with Gasteiger partial charge in [-0.1, -0.05) is 47.5 Å². The molecule has 0 bridgehead atoms. The Morgan fingerprint density at radius 1 is 1.11 bits per heavy atom. The summed E-state index contributed by atoms with van der Waals surface area (Å²) in [5.41, 5.74) is 4.34. The van der Waals surface area contributed by atoms with E-state index in [9.17, 15) is 14.7 Å². The smallest absolute Gasteiger partial charge is 0.321 e. The van der Waals surface area contributed by atoms with Crippen molar-refractivity contribution in [3.63, 3.8) is 0 Å². The summed E-state index contributed by atoms with van der Waals surface area (Å²) < 4.78 is 11.1. The predicted octanol–water partition coefficient (Wildman–Crippen LogP) is 4.94. The fourth-order valence-corrected chi connectivity index (χ4v) is 4.28. The summed E-state index contributed by atoms with van der Waals surface area (Å²) in [6.45, 7) is 1.95. The number of aromatic amines is 1. The van der Waals surface area contributed by atoms with E-state index in [0.717, 1.165) is 22.0 Å². The number of hydrogen-bond acceptors (Lipinski definition) is 5. The molecule has 192 valence electrons. The second-order valence-corrected chi connectivity index (χ2v) is 9.05. The van der Waals surface area contributed by atoms with Gasteiger partial charge in [0.2, 0.25) is 0 Å². The number of aromatic nitrogens is 1. The molecule has 1 aromatic heterocycles. The summed E-state index contributed by atoms with van der Waals surface area (Å²) in [4.78, 5) is 27.4. The van der Waals surface area contributed by atoms with Crippen LogP contribution in [0.1, 0.15) is 16.7 Å². The van der Waals surface area contributed by atoms with Crippen LogP contribution < -0.4 is 20.1 Å². The van der Waals surface area contributed by atoms with Crippen LogP contribution in [0.15, 0.2) is 66.9 Å². The molecular formula is C28H28ClN3O5. The number of hydrogen-bond donors (Lipinski definition) is 4. The highest BCUT2D eigenvalue weighted by molar-refractivity contribution is 6.32. The highest BCUT2D eigenvalue weighted by Crippen LogP contribution is 2.36. The lowest BCUT2D eigenvalue weighted by atomic mass is 10.0. The Hall–Kier alpha value is -4.01. The van der Waals surface area contributed by atoms with Gasteiger partial charge >= 0.3 is 5.97 Å². The van der Waals surface area contributed by atoms with Gasteiger partial charge in [-0.3, -0.25) is 9.59 Å². The van der Waals surface area contributed by atoms with Gasteiger partial charge in [0, 0.05) is 35.8 Å². The minimum absolute atomic E-state index is 0.237. The molecule has 9 heteroatoms. The van der Waals surface area contributed by atoms with Gasteiger partial charge in [0.15, 0.2) is 18.1 Å². The minimum atomic E-state index is -0.956. The summed E-state index contributed by atoms with van der Waals surface area (Å²) in [6, 6.07) is 17.7. The van der Waals surface area contributed by atoms with Crippen molar-refractivity contribution in [3.05, 3.63) is 88.6 Å². The van der Waals surface area contributed by atoms with Crippen molar-refractivity contribution in [1.82, 2.24) is 10.3 Å². The second kappa shape index (κ2) is 11.8. The molecule has 4 aromatic rings. The quantitative estimate of drug-likeness (QED) is 0.222. The topological polar surface area (TPSA) is 113 Å². The molecule has 0 spiro atoms. The van der Waals surface area contributed by atoms with Crippen LogP contribution >= 0.6 is 11.6 Å². The lowest BCUT2D eigenvalue weighted by molar-refractivity contribution is -0.139. The third-order valence-electron chi connectivity index (χ3n) is 5.92. The van der Waals surface area contributed by atoms with E-state index < -0.39 is 12.0 Å². The van der Waals surface area contributed by atoms with Crippen molar-refractivity contribution in [3.8, 4) is 11.5 Å². The first-order valence-corrected chi connectivity index (χ1v) is 12.1. The van der Waals surface area contributed by atoms with Crippen LogP contribution in [-0.4, -0.2) is 41.7 Å². The van der Waals surface area contributed by atoms with Crippen LogP contribution in [0.2, 0.25) is 5.02 Å². The number of halogens is 1. The summed E-state index contributed by atoms with van der Waals surface area (Å²) in [6.07, 6.45) is 2.14. The maximum absolute atomic E-state index is 12.3. The molecule has 0 aliphatic carbocycles. The van der Waals surface area contributed by atoms with E-state index in [0.29, 0.717) is 23.4 Å². The normalized spacial score (nSPS) is 11.8. The second-order valence-electron chi connectivity index (χ2n) is 8.65. The first kappa shape index (κ1) is 26.1. The molecule has 8 nitrogen and oxygen atoms in total. The van der Waals surface area contributed by atoms with E-state index in [4.69, 9.17) is 21.1 Å². The highest BCUT2D eigenvalue weighted by Gasteiger charge is 2.20. The maximum Gasteiger partial charge on any atom is 0.321 e. The summed E-state index contributed by atoms with van der Waals surface area (Å²) in [5.74, 6) is -0.714. The van der Waals surface area contributed by atoms with Crippen LogP contribution in [0, 0.1) is 6.92 Å². The molecule has 0 fully saturated rings. The summed E-state index contributed by atoms with van der Waals surface area (Å²) in [7, 11) is 1.47. The molecule has 3 aromatic carbocycles. The zero-order chi connectivity index (χ0) is 26.4. The number of carbonyl (C=O) groups excluding carboxylic acids is 1. The van der Waals surface area contributed by atoms with E-state index in [1.807, 2.05) is 61.7 Å². The number of carbonyl (C=O) groups is 2. The predicted molar refractivity (Wildman–Crippen MR) is 144 cm³/mol. The number of aryl methyl sites for hydroxylation is 1. The van der Waals surface area contributed by atoms with Crippen molar-refractivity contribution in [2.24, 2.45) is 0 Å². The molecule has 0 saturated heterocycles. The Morgan fingerprint density at radius 3 is 2.59 bits per heavy atom. The van der Waals surface area contributed by atoms with Gasteiger partial charge in [0.05, 0.1) is 12.1 Å². The van der Waals surface area contributed by atoms with E-state index >= 15 is 0 Å². The maximum atomic E-state index is 12.3. The number of carboxylic acid groups (broad SMARTS) is 1. The van der Waals surface area contributed by atoms with E-state index in [1.54, 1.807) is 12.1 Å². The van der Waals surface area contributed by atoms with Gasteiger partial charge in [-0.15, -0.1) is 0 Å². The number of carboxylic acids is 1. The van der Waals surface area contributed by atoms with Gasteiger partial charge in [0.25, 0.3) is 5.91 Å². The SMILES string of the molecule is COc1cc(CNC(Cc2c[nH]c3ccccc23)C(=O)O)cc(Cl)c1OCC(=O)Nc1ccc(C)cc1. The molecule has 1 amide bonds. The Morgan fingerprint density at radius 2 is 1.86 bits per heavy atom. The van der Waals surface area contributed by atoms with Crippen LogP contribution in [0.5, 0.6) is 11.5 Å². The van der Waals surface area contributed by atoms with Gasteiger partial charge in [0.1, 0.15) is 6.04 Å². The fraction of sp³-hybridized carbons (Fsp3) is 0.214. The lowest BCUT2D eigenvalue weighted by Gasteiger charge is -2.17. The molecule has 1 heterocycles. The van der Waals surface area contributed by atoms with Crippen molar-refractivity contribution < 1.29 is 24.2 Å². The van der Waals surface area contributed by atoms with Crippen LogP contribution in [0.25, 0.3) is 10.9 Å². The number of fused-ring (bicyclic) bond motifs is 1. The lowest BCUT2D eigenvalue weighted by Crippen LogP contribution is -2.38.